The molecule has 0 aliphatic heterocycles. The highest BCUT2D eigenvalue weighted by atomic mass is 79.9. The molecule has 0 unspecified atom stereocenters. The second-order valence-corrected chi connectivity index (χ2v) is 9.51. The number of rotatable bonds is 9. The average molecular weight is 559 g/mol. The van der Waals surface area contributed by atoms with E-state index in [4.69, 9.17) is 14.5 Å². The van der Waals surface area contributed by atoms with Gasteiger partial charge in [0.1, 0.15) is 12.1 Å². The Kier molecular flexibility index (Phi) is 7.32. The molecule has 0 spiro atoms. The quantitative estimate of drug-likeness (QED) is 0.164. The van der Waals surface area contributed by atoms with Gasteiger partial charge < -0.3 is 14.0 Å². The van der Waals surface area contributed by atoms with Crippen LogP contribution in [-0.2, 0) is 13.2 Å². The topological polar surface area (TPSA) is 86.5 Å². The van der Waals surface area contributed by atoms with Crippen molar-refractivity contribution in [2.24, 2.45) is 5.10 Å². The highest BCUT2D eigenvalue weighted by molar-refractivity contribution is 9.10. The summed E-state index contributed by atoms with van der Waals surface area (Å²) in [6.07, 6.45) is 2.66. The van der Waals surface area contributed by atoms with Gasteiger partial charge in [-0.2, -0.15) is 10.1 Å². The number of hydrogen-bond donors (Lipinski definition) is 1. The molecule has 0 aliphatic carbocycles. The summed E-state index contributed by atoms with van der Waals surface area (Å²) < 4.78 is 14.6. The lowest BCUT2D eigenvalue weighted by atomic mass is 10.2. The number of aryl methyl sites for hydroxylation is 2. The number of nitrogens with zero attached hydrogens (tertiary/aromatic N) is 5. The van der Waals surface area contributed by atoms with Crippen molar-refractivity contribution in [1.82, 2.24) is 19.7 Å². The van der Waals surface area contributed by atoms with Crippen LogP contribution in [0, 0.1) is 6.92 Å². The first-order chi connectivity index (χ1) is 18.1. The highest BCUT2D eigenvalue weighted by Gasteiger charge is 2.14. The minimum Gasteiger partial charge on any atom is -0.493 e. The normalized spacial score (nSPS) is 11.5. The summed E-state index contributed by atoms with van der Waals surface area (Å²) in [4.78, 5) is 4.70. The molecule has 0 atom stereocenters. The lowest BCUT2D eigenvalue weighted by molar-refractivity contribution is 0.282. The summed E-state index contributed by atoms with van der Waals surface area (Å²) in [6, 6.07) is 20.2. The molecular formula is C28H27BrN6O2. The molecule has 5 rings (SSSR count). The number of para-hydroxylation sites is 1. The highest BCUT2D eigenvalue weighted by Crippen LogP contribution is 2.37. The molecule has 0 amide bonds. The molecule has 0 bridgehead atoms. The van der Waals surface area contributed by atoms with Gasteiger partial charge in [-0.3, -0.25) is 0 Å². The van der Waals surface area contributed by atoms with Crippen LogP contribution in [0.5, 0.6) is 11.5 Å². The van der Waals surface area contributed by atoms with E-state index in [1.807, 2.05) is 30.3 Å². The van der Waals surface area contributed by atoms with Crippen LogP contribution in [0.15, 0.2) is 70.2 Å². The molecule has 188 valence electrons. The van der Waals surface area contributed by atoms with E-state index >= 15 is 0 Å². The molecule has 2 aromatic heterocycles. The summed E-state index contributed by atoms with van der Waals surface area (Å²) in [5.41, 5.74) is 8.69. The van der Waals surface area contributed by atoms with Crippen LogP contribution < -0.4 is 14.9 Å². The average Bonchev–Trinajstić information content (AvgIpc) is 3.22. The van der Waals surface area contributed by atoms with Crippen LogP contribution in [0.3, 0.4) is 0 Å². The number of nitrogens with one attached hydrogen (secondary N) is 1. The van der Waals surface area contributed by atoms with Crippen molar-refractivity contribution in [1.29, 1.82) is 0 Å². The molecule has 0 radical (unpaired) electrons. The number of methoxy groups -OCH3 is 1. The van der Waals surface area contributed by atoms with E-state index in [9.17, 15) is 0 Å². The number of hydrogen-bond acceptors (Lipinski definition) is 7. The first-order valence-electron chi connectivity index (χ1n) is 12.0. The number of fused-ring (bicyclic) bond motifs is 3. The predicted molar refractivity (Wildman–Crippen MR) is 151 cm³/mol. The summed E-state index contributed by atoms with van der Waals surface area (Å²) in [6.45, 7) is 5.49. The zero-order valence-electron chi connectivity index (χ0n) is 20.9. The van der Waals surface area contributed by atoms with Crippen molar-refractivity contribution >= 4 is 50.2 Å². The van der Waals surface area contributed by atoms with Crippen LogP contribution in [-0.4, -0.2) is 33.1 Å². The summed E-state index contributed by atoms with van der Waals surface area (Å²) in [5.74, 6) is 1.56. The third-order valence-electron chi connectivity index (χ3n) is 5.95. The van der Waals surface area contributed by atoms with Crippen molar-refractivity contribution in [3.05, 3.63) is 81.8 Å². The Morgan fingerprint density at radius 2 is 1.89 bits per heavy atom. The molecule has 5 aromatic rings. The third kappa shape index (κ3) is 5.27. The number of ether oxygens (including phenoxy) is 2. The maximum Gasteiger partial charge on any atom is 0.265 e. The molecule has 0 saturated heterocycles. The van der Waals surface area contributed by atoms with Gasteiger partial charge in [-0.05, 0) is 58.6 Å². The molecule has 3 aromatic carbocycles. The third-order valence-corrected chi connectivity index (χ3v) is 6.54. The van der Waals surface area contributed by atoms with Crippen LogP contribution in [0.2, 0.25) is 0 Å². The molecule has 8 nitrogen and oxygen atoms in total. The number of benzene rings is 3. The van der Waals surface area contributed by atoms with Crippen LogP contribution in [0.4, 0.5) is 5.95 Å². The minimum absolute atomic E-state index is 0.327. The monoisotopic (exact) mass is 558 g/mol. The molecule has 2 heterocycles. The SMILES string of the molecule is CCCn1c2ccccc2c2nnc(N/N=C/c3cc(Br)c(OCc4ccc(C)cc4)c(OC)c3)nc21. The maximum atomic E-state index is 6.05. The summed E-state index contributed by atoms with van der Waals surface area (Å²) in [7, 11) is 1.61. The number of halogens is 1. The van der Waals surface area contributed by atoms with Gasteiger partial charge in [0.15, 0.2) is 17.1 Å². The fraction of sp³-hybridized carbons (Fsp3) is 0.214. The van der Waals surface area contributed by atoms with Crippen LogP contribution in [0.1, 0.15) is 30.0 Å². The first-order valence-corrected chi connectivity index (χ1v) is 12.8. The second-order valence-electron chi connectivity index (χ2n) is 8.65. The van der Waals surface area contributed by atoms with E-state index in [1.165, 1.54) is 5.56 Å². The largest absolute Gasteiger partial charge is 0.493 e. The van der Waals surface area contributed by atoms with E-state index in [0.717, 1.165) is 50.6 Å². The van der Waals surface area contributed by atoms with Crippen molar-refractivity contribution in [2.45, 2.75) is 33.4 Å². The van der Waals surface area contributed by atoms with Gasteiger partial charge >= 0.3 is 0 Å². The number of anilines is 1. The molecule has 0 saturated carbocycles. The summed E-state index contributed by atoms with van der Waals surface area (Å²) in [5, 5.41) is 14.0. The second kappa shape index (κ2) is 11.0. The Morgan fingerprint density at radius 3 is 2.68 bits per heavy atom. The van der Waals surface area contributed by atoms with Gasteiger partial charge in [0.25, 0.3) is 5.95 Å². The Morgan fingerprint density at radius 1 is 1.08 bits per heavy atom. The van der Waals surface area contributed by atoms with Crippen LogP contribution >= 0.6 is 15.9 Å². The number of aromatic nitrogens is 4. The van der Waals surface area contributed by atoms with E-state index in [2.05, 4.69) is 85.4 Å². The Balaban J connectivity index is 1.34. The Hall–Kier alpha value is -3.98. The molecule has 9 heteroatoms. The Bertz CT molecular complexity index is 1580. The fourth-order valence-electron chi connectivity index (χ4n) is 4.16. The first kappa shape index (κ1) is 24.7. The molecule has 1 N–H and O–H groups in total. The van der Waals surface area contributed by atoms with E-state index in [-0.39, 0.29) is 0 Å². The van der Waals surface area contributed by atoms with Gasteiger partial charge in [0.05, 0.1) is 23.3 Å². The van der Waals surface area contributed by atoms with Crippen molar-refractivity contribution in [2.75, 3.05) is 12.5 Å². The van der Waals surface area contributed by atoms with Gasteiger partial charge in [-0.25, -0.2) is 5.43 Å². The van der Waals surface area contributed by atoms with Crippen molar-refractivity contribution in [3.63, 3.8) is 0 Å². The molecule has 0 fully saturated rings. The summed E-state index contributed by atoms with van der Waals surface area (Å²) >= 11 is 3.60. The fourth-order valence-corrected chi connectivity index (χ4v) is 4.73. The van der Waals surface area contributed by atoms with Crippen molar-refractivity contribution in [3.8, 4) is 11.5 Å². The van der Waals surface area contributed by atoms with E-state index in [0.29, 0.717) is 24.1 Å². The smallest absolute Gasteiger partial charge is 0.265 e. The zero-order chi connectivity index (χ0) is 25.8. The predicted octanol–water partition coefficient (Wildman–Crippen LogP) is 6.49. The van der Waals surface area contributed by atoms with Gasteiger partial charge in [-0.1, -0.05) is 55.0 Å². The number of hydrazone groups is 1. The van der Waals surface area contributed by atoms with Gasteiger partial charge in [0, 0.05) is 11.9 Å². The van der Waals surface area contributed by atoms with E-state index in [1.54, 1.807) is 13.3 Å². The standard InChI is InChI=1S/C28H27BrN6O2/c1-4-13-35-23-8-6-5-7-21(23)25-27(35)31-28(34-32-25)33-30-16-20-14-22(29)26(24(15-20)36-3)37-17-19-11-9-18(2)10-12-19/h5-12,14-16H,4,13,17H2,1-3H3,(H,31,33,34)/b30-16+. The lowest BCUT2D eigenvalue weighted by Gasteiger charge is -2.13. The lowest BCUT2D eigenvalue weighted by Crippen LogP contribution is -2.03. The minimum atomic E-state index is 0.327. The van der Waals surface area contributed by atoms with Gasteiger partial charge in [-0.15, -0.1) is 10.2 Å². The Labute approximate surface area is 223 Å². The van der Waals surface area contributed by atoms with Gasteiger partial charge in [0.2, 0.25) is 0 Å². The molecular weight excluding hydrogens is 532 g/mol. The van der Waals surface area contributed by atoms with Crippen molar-refractivity contribution < 1.29 is 9.47 Å². The maximum absolute atomic E-state index is 6.05. The van der Waals surface area contributed by atoms with E-state index < -0.39 is 0 Å². The van der Waals surface area contributed by atoms with Crippen LogP contribution in [0.25, 0.3) is 22.1 Å². The molecule has 0 aliphatic rings. The zero-order valence-corrected chi connectivity index (χ0v) is 22.5. The molecule has 37 heavy (non-hydrogen) atoms.